The van der Waals surface area contributed by atoms with Gasteiger partial charge in [-0.2, -0.15) is 0 Å². The summed E-state index contributed by atoms with van der Waals surface area (Å²) in [6.45, 7) is 9.70. The highest BCUT2D eigenvalue weighted by molar-refractivity contribution is 6.34. The third-order valence-corrected chi connectivity index (χ3v) is 4.56. The Hall–Kier alpha value is -1.34. The Morgan fingerprint density at radius 1 is 1.26 bits per heavy atom. The van der Waals surface area contributed by atoms with Gasteiger partial charge in [-0.05, 0) is 37.1 Å². The Morgan fingerprint density at radius 3 is 2.63 bits per heavy atom. The zero-order chi connectivity index (χ0) is 18.9. The number of amides is 2. The van der Waals surface area contributed by atoms with E-state index in [1.807, 2.05) is 13.8 Å². The maximum atomic E-state index is 12.4. The van der Waals surface area contributed by atoms with Crippen LogP contribution in [-0.2, 0) is 4.79 Å². The molecule has 1 fully saturated rings. The van der Waals surface area contributed by atoms with Gasteiger partial charge in [0.1, 0.15) is 0 Å². The second-order valence-electron chi connectivity index (χ2n) is 7.04. The molecule has 0 atom stereocenters. The maximum Gasteiger partial charge on any atom is 0.252 e. The van der Waals surface area contributed by atoms with Gasteiger partial charge in [0, 0.05) is 44.8 Å². The van der Waals surface area contributed by atoms with Crippen molar-refractivity contribution in [3.05, 3.63) is 28.8 Å². The van der Waals surface area contributed by atoms with Crippen molar-refractivity contribution in [2.75, 3.05) is 44.6 Å². The molecule has 3 N–H and O–H groups in total. The van der Waals surface area contributed by atoms with Gasteiger partial charge >= 0.3 is 0 Å². The Morgan fingerprint density at radius 2 is 1.96 bits per heavy atom. The second-order valence-corrected chi connectivity index (χ2v) is 7.45. The predicted molar refractivity (Wildman–Crippen MR) is 113 cm³/mol. The van der Waals surface area contributed by atoms with Crippen molar-refractivity contribution < 1.29 is 9.59 Å². The molecule has 6 nitrogen and oxygen atoms in total. The average molecular weight is 417 g/mol. The molecule has 0 aliphatic carbocycles. The van der Waals surface area contributed by atoms with E-state index >= 15 is 0 Å². The van der Waals surface area contributed by atoms with Crippen molar-refractivity contribution in [1.29, 1.82) is 0 Å². The van der Waals surface area contributed by atoms with E-state index < -0.39 is 0 Å². The first-order chi connectivity index (χ1) is 12.5. The number of anilines is 1. The fraction of sp³-hybridized carbons (Fsp3) is 0.579. The topological polar surface area (TPSA) is 73.5 Å². The number of halogens is 2. The van der Waals surface area contributed by atoms with Crippen LogP contribution in [0.2, 0.25) is 5.02 Å². The van der Waals surface area contributed by atoms with Crippen LogP contribution >= 0.6 is 24.0 Å². The molecule has 0 bridgehead atoms. The summed E-state index contributed by atoms with van der Waals surface area (Å²) in [5, 5.41) is 9.43. The second kappa shape index (κ2) is 12.2. The van der Waals surface area contributed by atoms with Gasteiger partial charge in [0.15, 0.2) is 0 Å². The Bertz CT molecular complexity index is 620. The van der Waals surface area contributed by atoms with Crippen LogP contribution in [-0.4, -0.2) is 56.0 Å². The molecule has 0 spiro atoms. The van der Waals surface area contributed by atoms with Crippen LogP contribution in [0.4, 0.5) is 5.69 Å². The van der Waals surface area contributed by atoms with Crippen molar-refractivity contribution in [2.45, 2.75) is 26.7 Å². The monoisotopic (exact) mass is 416 g/mol. The molecule has 1 aromatic rings. The summed E-state index contributed by atoms with van der Waals surface area (Å²) in [4.78, 5) is 26.7. The Balaban J connectivity index is 0.00000364. The summed E-state index contributed by atoms with van der Waals surface area (Å²) in [5.41, 5.74) is 0.974. The number of carbonyl (C=O) groups is 2. The summed E-state index contributed by atoms with van der Waals surface area (Å²) in [5.74, 6) is 0.000672. The fourth-order valence-electron chi connectivity index (χ4n) is 2.89. The van der Waals surface area contributed by atoms with Crippen molar-refractivity contribution in [3.8, 4) is 0 Å². The van der Waals surface area contributed by atoms with Crippen LogP contribution in [0, 0.1) is 5.92 Å². The molecule has 1 aliphatic heterocycles. The molecule has 27 heavy (non-hydrogen) atoms. The van der Waals surface area contributed by atoms with Crippen LogP contribution in [0.25, 0.3) is 0 Å². The minimum atomic E-state index is -0.213. The van der Waals surface area contributed by atoms with E-state index in [1.165, 1.54) is 0 Å². The summed E-state index contributed by atoms with van der Waals surface area (Å²) in [6, 6.07) is 4.98. The highest BCUT2D eigenvalue weighted by atomic mass is 35.5. The smallest absolute Gasteiger partial charge is 0.252 e. The van der Waals surface area contributed by atoms with E-state index in [0.29, 0.717) is 29.2 Å². The average Bonchev–Trinajstić information content (AvgIpc) is 2.60. The standard InChI is InChI=1S/C19H29ClN4O2.ClH/c1-14(2)12-18(25)23-15-4-5-17(20)16(13-15)19(26)22-6-3-9-24-10-7-21-8-11-24;/h4-5,13-14,21H,3,6-12H2,1-2H3,(H,22,26)(H,23,25);1H. The van der Waals surface area contributed by atoms with Crippen molar-refractivity contribution in [1.82, 2.24) is 15.5 Å². The Kier molecular flexibility index (Phi) is 10.7. The number of rotatable bonds is 8. The normalized spacial score (nSPS) is 14.5. The third kappa shape index (κ3) is 8.47. The molecule has 1 aliphatic rings. The van der Waals surface area contributed by atoms with Crippen LogP contribution in [0.5, 0.6) is 0 Å². The lowest BCUT2D eigenvalue weighted by atomic mass is 10.1. The van der Waals surface area contributed by atoms with E-state index in [0.717, 1.165) is 39.1 Å². The highest BCUT2D eigenvalue weighted by Gasteiger charge is 2.13. The zero-order valence-corrected chi connectivity index (χ0v) is 17.6. The number of hydrogen-bond acceptors (Lipinski definition) is 4. The van der Waals surface area contributed by atoms with Crippen molar-refractivity contribution in [3.63, 3.8) is 0 Å². The molecule has 152 valence electrons. The van der Waals surface area contributed by atoms with Crippen molar-refractivity contribution >= 4 is 41.5 Å². The van der Waals surface area contributed by atoms with Gasteiger partial charge in [-0.25, -0.2) is 0 Å². The number of nitrogens with zero attached hydrogens (tertiary/aromatic N) is 1. The van der Waals surface area contributed by atoms with E-state index in [4.69, 9.17) is 11.6 Å². The molecule has 0 radical (unpaired) electrons. The van der Waals surface area contributed by atoms with Gasteiger partial charge in [0.2, 0.25) is 5.91 Å². The molecule has 1 aromatic carbocycles. The fourth-order valence-corrected chi connectivity index (χ4v) is 3.10. The van der Waals surface area contributed by atoms with Gasteiger partial charge in [-0.15, -0.1) is 12.4 Å². The van der Waals surface area contributed by atoms with Gasteiger partial charge < -0.3 is 20.9 Å². The number of benzene rings is 1. The minimum absolute atomic E-state index is 0. The first-order valence-corrected chi connectivity index (χ1v) is 9.64. The van der Waals surface area contributed by atoms with Crippen LogP contribution < -0.4 is 16.0 Å². The summed E-state index contributed by atoms with van der Waals surface area (Å²) in [6.07, 6.45) is 1.34. The Labute approximate surface area is 172 Å². The predicted octanol–water partition coefficient (Wildman–Crippen LogP) is 2.77. The third-order valence-electron chi connectivity index (χ3n) is 4.23. The lowest BCUT2D eigenvalue weighted by Crippen LogP contribution is -2.44. The van der Waals surface area contributed by atoms with E-state index in [9.17, 15) is 9.59 Å². The summed E-state index contributed by atoms with van der Waals surface area (Å²) >= 11 is 6.16. The van der Waals surface area contributed by atoms with Gasteiger partial charge in [-0.1, -0.05) is 25.4 Å². The molecule has 2 rings (SSSR count). The number of piperazine rings is 1. The molecular formula is C19H30Cl2N4O2. The minimum Gasteiger partial charge on any atom is -0.352 e. The van der Waals surface area contributed by atoms with Gasteiger partial charge in [0.25, 0.3) is 5.91 Å². The van der Waals surface area contributed by atoms with Crippen LogP contribution in [0.15, 0.2) is 18.2 Å². The zero-order valence-electron chi connectivity index (χ0n) is 16.0. The van der Waals surface area contributed by atoms with E-state index in [1.54, 1.807) is 18.2 Å². The molecule has 0 unspecified atom stereocenters. The van der Waals surface area contributed by atoms with E-state index in [-0.39, 0.29) is 30.1 Å². The lowest BCUT2D eigenvalue weighted by Gasteiger charge is -2.27. The quantitative estimate of drug-likeness (QED) is 0.569. The molecule has 2 amide bonds. The molecular weight excluding hydrogens is 387 g/mol. The van der Waals surface area contributed by atoms with Crippen molar-refractivity contribution in [2.24, 2.45) is 5.92 Å². The maximum absolute atomic E-state index is 12.4. The largest absolute Gasteiger partial charge is 0.352 e. The summed E-state index contributed by atoms with van der Waals surface area (Å²) < 4.78 is 0. The number of nitrogens with one attached hydrogen (secondary N) is 3. The summed E-state index contributed by atoms with van der Waals surface area (Å²) in [7, 11) is 0. The SMILES string of the molecule is CC(C)CC(=O)Nc1ccc(Cl)c(C(=O)NCCCN2CCNCC2)c1.Cl. The molecule has 1 heterocycles. The first kappa shape index (κ1) is 23.7. The van der Waals surface area contributed by atoms with Crippen LogP contribution in [0.1, 0.15) is 37.0 Å². The van der Waals surface area contributed by atoms with Gasteiger partial charge in [-0.3, -0.25) is 9.59 Å². The first-order valence-electron chi connectivity index (χ1n) is 9.26. The van der Waals surface area contributed by atoms with E-state index in [2.05, 4.69) is 20.9 Å². The number of carbonyl (C=O) groups excluding carboxylic acids is 2. The van der Waals surface area contributed by atoms with Gasteiger partial charge in [0.05, 0.1) is 10.6 Å². The lowest BCUT2D eigenvalue weighted by molar-refractivity contribution is -0.116. The van der Waals surface area contributed by atoms with Crippen LogP contribution in [0.3, 0.4) is 0 Å². The molecule has 1 saturated heterocycles. The molecule has 8 heteroatoms. The highest BCUT2D eigenvalue weighted by Crippen LogP contribution is 2.21. The number of hydrogen-bond donors (Lipinski definition) is 3. The molecule has 0 saturated carbocycles. The molecule has 0 aromatic heterocycles.